The predicted octanol–water partition coefficient (Wildman–Crippen LogP) is 3.69. The number of carbonyl (C=O) groups excluding carboxylic acids is 1. The zero-order valence-electron chi connectivity index (χ0n) is 16.0. The summed E-state index contributed by atoms with van der Waals surface area (Å²) >= 11 is 0. The summed E-state index contributed by atoms with van der Waals surface area (Å²) in [4.78, 5) is 17.2. The highest BCUT2D eigenvalue weighted by atomic mass is 16.3. The second kappa shape index (κ2) is 7.90. The van der Waals surface area contributed by atoms with Gasteiger partial charge in [-0.1, -0.05) is 48.5 Å². The van der Waals surface area contributed by atoms with Crippen LogP contribution in [0, 0.1) is 0 Å². The van der Waals surface area contributed by atoms with E-state index in [4.69, 9.17) is 0 Å². The molecule has 0 aliphatic carbocycles. The maximum Gasteiger partial charge on any atom is 0.241 e. The fourth-order valence-corrected chi connectivity index (χ4v) is 3.82. The Morgan fingerprint density at radius 2 is 1.61 bits per heavy atom. The lowest BCUT2D eigenvalue weighted by atomic mass is 10.1. The molecule has 28 heavy (non-hydrogen) atoms. The highest BCUT2D eigenvalue weighted by Crippen LogP contribution is 2.28. The Morgan fingerprint density at radius 1 is 0.929 bits per heavy atom. The molecule has 1 amide bonds. The minimum atomic E-state index is -0.217. The van der Waals surface area contributed by atoms with E-state index in [0.717, 1.165) is 48.3 Å². The molecule has 1 atom stereocenters. The summed E-state index contributed by atoms with van der Waals surface area (Å²) in [5, 5.41) is 15.3. The average Bonchev–Trinajstić information content (AvgIpc) is 2.74. The third-order valence-corrected chi connectivity index (χ3v) is 5.51. The fourth-order valence-electron chi connectivity index (χ4n) is 3.82. The Morgan fingerprint density at radius 3 is 2.39 bits per heavy atom. The normalized spacial score (nSPS) is 16.1. The van der Waals surface area contributed by atoms with Crippen molar-refractivity contribution < 1.29 is 9.90 Å². The first-order valence-corrected chi connectivity index (χ1v) is 9.69. The largest absolute Gasteiger partial charge is 0.506 e. The Labute approximate surface area is 165 Å². The van der Waals surface area contributed by atoms with Crippen LogP contribution in [0.15, 0.2) is 66.7 Å². The van der Waals surface area contributed by atoms with E-state index in [0.29, 0.717) is 5.75 Å². The molecule has 4 rings (SSSR count). The number of amides is 1. The van der Waals surface area contributed by atoms with Gasteiger partial charge >= 0.3 is 0 Å². The summed E-state index contributed by atoms with van der Waals surface area (Å²) in [6.07, 6.45) is 0. The van der Waals surface area contributed by atoms with Crippen molar-refractivity contribution in [2.45, 2.75) is 13.0 Å². The van der Waals surface area contributed by atoms with E-state index >= 15 is 0 Å². The van der Waals surface area contributed by atoms with Gasteiger partial charge < -0.3 is 15.3 Å². The van der Waals surface area contributed by atoms with Crippen LogP contribution in [-0.4, -0.2) is 48.1 Å². The first-order chi connectivity index (χ1) is 13.6. The highest BCUT2D eigenvalue weighted by Gasteiger charge is 2.26. The lowest BCUT2D eigenvalue weighted by molar-refractivity contribution is -0.120. The number of nitrogens with one attached hydrogen (secondary N) is 1. The third-order valence-electron chi connectivity index (χ3n) is 5.51. The first-order valence-electron chi connectivity index (χ1n) is 9.69. The minimum Gasteiger partial charge on any atom is -0.506 e. The first kappa shape index (κ1) is 18.3. The number of hydrogen-bond acceptors (Lipinski definition) is 4. The SMILES string of the molecule is C[C@@H](C(=O)Nc1cccc2ccccc12)N1CCN(c2ccccc2O)CC1. The number of phenolic OH excluding ortho intramolecular Hbond substituents is 1. The molecule has 3 aromatic rings. The van der Waals surface area contributed by atoms with Crippen molar-refractivity contribution in [3.8, 4) is 5.75 Å². The third kappa shape index (κ3) is 3.66. The topological polar surface area (TPSA) is 55.8 Å². The molecule has 0 saturated carbocycles. The van der Waals surface area contributed by atoms with Gasteiger partial charge in [0.1, 0.15) is 5.75 Å². The maximum atomic E-state index is 12.9. The summed E-state index contributed by atoms with van der Waals surface area (Å²) in [5.74, 6) is 0.310. The molecule has 2 N–H and O–H groups in total. The van der Waals surface area contributed by atoms with Gasteiger partial charge in [-0.25, -0.2) is 0 Å². The number of fused-ring (bicyclic) bond motifs is 1. The van der Waals surface area contributed by atoms with Crippen molar-refractivity contribution >= 4 is 28.1 Å². The molecule has 0 unspecified atom stereocenters. The van der Waals surface area contributed by atoms with Crippen molar-refractivity contribution in [2.75, 3.05) is 36.4 Å². The average molecular weight is 375 g/mol. The van der Waals surface area contributed by atoms with Crippen LogP contribution in [0.4, 0.5) is 11.4 Å². The van der Waals surface area contributed by atoms with Gasteiger partial charge in [0.25, 0.3) is 0 Å². The van der Waals surface area contributed by atoms with Gasteiger partial charge in [0.2, 0.25) is 5.91 Å². The second-order valence-electron chi connectivity index (χ2n) is 7.20. The quantitative estimate of drug-likeness (QED) is 0.730. The summed E-state index contributed by atoms with van der Waals surface area (Å²) in [6.45, 7) is 5.07. The van der Waals surface area contributed by atoms with Gasteiger partial charge in [-0.2, -0.15) is 0 Å². The summed E-state index contributed by atoms with van der Waals surface area (Å²) < 4.78 is 0. The Balaban J connectivity index is 1.40. The zero-order valence-corrected chi connectivity index (χ0v) is 16.0. The van der Waals surface area contributed by atoms with Crippen LogP contribution in [-0.2, 0) is 4.79 Å². The van der Waals surface area contributed by atoms with Crippen LogP contribution in [0.25, 0.3) is 10.8 Å². The highest BCUT2D eigenvalue weighted by molar-refractivity contribution is 6.03. The molecule has 0 bridgehead atoms. The van der Waals surface area contributed by atoms with Gasteiger partial charge in [-0.15, -0.1) is 0 Å². The molecule has 144 valence electrons. The molecule has 1 fully saturated rings. The van der Waals surface area contributed by atoms with Gasteiger partial charge in [0.05, 0.1) is 11.7 Å². The lowest BCUT2D eigenvalue weighted by Gasteiger charge is -2.38. The van der Waals surface area contributed by atoms with E-state index < -0.39 is 0 Å². The van der Waals surface area contributed by atoms with Crippen LogP contribution in [0.1, 0.15) is 6.92 Å². The molecule has 0 spiro atoms. The lowest BCUT2D eigenvalue weighted by Crippen LogP contribution is -2.52. The molecule has 1 saturated heterocycles. The van der Waals surface area contributed by atoms with Crippen molar-refractivity contribution in [1.82, 2.24) is 4.90 Å². The second-order valence-corrected chi connectivity index (χ2v) is 7.20. The fraction of sp³-hybridized carbons (Fsp3) is 0.261. The minimum absolute atomic E-state index is 0.00682. The van der Waals surface area contributed by atoms with E-state index in [1.807, 2.05) is 67.6 Å². The molecule has 0 aromatic heterocycles. The number of rotatable bonds is 4. The number of benzene rings is 3. The molecular formula is C23H25N3O2. The van der Waals surface area contributed by atoms with E-state index in [-0.39, 0.29) is 11.9 Å². The van der Waals surface area contributed by atoms with Gasteiger partial charge in [-0.3, -0.25) is 9.69 Å². The number of carbonyl (C=O) groups is 1. The van der Waals surface area contributed by atoms with Crippen molar-refractivity contribution in [1.29, 1.82) is 0 Å². The summed E-state index contributed by atoms with van der Waals surface area (Å²) in [7, 11) is 0. The van der Waals surface area contributed by atoms with Gasteiger partial charge in [0.15, 0.2) is 0 Å². The van der Waals surface area contributed by atoms with Crippen molar-refractivity contribution in [3.05, 3.63) is 66.7 Å². The number of piperazine rings is 1. The van der Waals surface area contributed by atoms with E-state index in [9.17, 15) is 9.90 Å². The smallest absolute Gasteiger partial charge is 0.241 e. The molecule has 3 aromatic carbocycles. The predicted molar refractivity (Wildman–Crippen MR) is 114 cm³/mol. The number of nitrogens with zero attached hydrogens (tertiary/aromatic N) is 2. The van der Waals surface area contributed by atoms with Gasteiger partial charge in [-0.05, 0) is 30.5 Å². The van der Waals surface area contributed by atoms with E-state index in [1.165, 1.54) is 0 Å². The number of para-hydroxylation sites is 2. The number of anilines is 2. The van der Waals surface area contributed by atoms with Crippen LogP contribution >= 0.6 is 0 Å². The molecule has 5 nitrogen and oxygen atoms in total. The number of aromatic hydroxyl groups is 1. The Bertz CT molecular complexity index is 975. The van der Waals surface area contributed by atoms with E-state index in [2.05, 4.69) is 15.1 Å². The zero-order chi connectivity index (χ0) is 19.5. The van der Waals surface area contributed by atoms with E-state index in [1.54, 1.807) is 6.07 Å². The van der Waals surface area contributed by atoms with Crippen LogP contribution in [0.2, 0.25) is 0 Å². The molecular weight excluding hydrogens is 350 g/mol. The molecule has 1 aliphatic rings. The molecule has 0 radical (unpaired) electrons. The van der Waals surface area contributed by atoms with Crippen LogP contribution in [0.5, 0.6) is 5.75 Å². The Hall–Kier alpha value is -3.05. The van der Waals surface area contributed by atoms with Crippen LogP contribution in [0.3, 0.4) is 0 Å². The van der Waals surface area contributed by atoms with Crippen molar-refractivity contribution in [2.24, 2.45) is 0 Å². The van der Waals surface area contributed by atoms with Crippen molar-refractivity contribution in [3.63, 3.8) is 0 Å². The van der Waals surface area contributed by atoms with Crippen LogP contribution < -0.4 is 10.2 Å². The van der Waals surface area contributed by atoms with Gasteiger partial charge in [0, 0.05) is 37.3 Å². The summed E-state index contributed by atoms with van der Waals surface area (Å²) in [5.41, 5.74) is 1.71. The summed E-state index contributed by atoms with van der Waals surface area (Å²) in [6, 6.07) is 21.2. The molecule has 1 heterocycles. The number of phenols is 1. The molecule has 1 aliphatic heterocycles. The standard InChI is InChI=1S/C23H25N3O2/c1-17(23(28)24-20-10-6-8-18-7-2-3-9-19(18)20)25-13-15-26(16-14-25)21-11-4-5-12-22(21)27/h2-12,17,27H,13-16H2,1H3,(H,24,28)/t17-/m0/s1. The monoisotopic (exact) mass is 375 g/mol. The molecule has 5 heteroatoms. The Kier molecular flexibility index (Phi) is 5.17. The maximum absolute atomic E-state index is 12.9. The number of hydrogen-bond donors (Lipinski definition) is 2.